The second kappa shape index (κ2) is 4.20. The summed E-state index contributed by atoms with van der Waals surface area (Å²) in [4.78, 5) is 10.8. The van der Waals surface area contributed by atoms with Gasteiger partial charge in [-0.2, -0.15) is 0 Å². The van der Waals surface area contributed by atoms with Crippen LogP contribution in [-0.4, -0.2) is 12.3 Å². The molecule has 0 saturated heterocycles. The van der Waals surface area contributed by atoms with E-state index in [1.165, 1.54) is 0 Å². The first-order chi connectivity index (χ1) is 7.20. The maximum absolute atomic E-state index is 11.9. The van der Waals surface area contributed by atoms with E-state index >= 15 is 0 Å². The molecule has 1 amide bonds. The number of benzene rings is 1. The Labute approximate surface area is 96.5 Å². The van der Waals surface area contributed by atoms with E-state index in [4.69, 9.17) is 11.5 Å². The highest BCUT2D eigenvalue weighted by Crippen LogP contribution is 2.33. The van der Waals surface area contributed by atoms with Crippen molar-refractivity contribution in [3.05, 3.63) is 22.2 Å². The van der Waals surface area contributed by atoms with Crippen LogP contribution in [0.15, 0.2) is 16.6 Å². The molecule has 4 nitrogen and oxygen atoms in total. The lowest BCUT2D eigenvalue weighted by Crippen LogP contribution is -2.19. The van der Waals surface area contributed by atoms with Gasteiger partial charge < -0.3 is 16.2 Å². The van der Waals surface area contributed by atoms with Gasteiger partial charge in [-0.25, -0.2) is 0 Å². The van der Waals surface area contributed by atoms with Crippen molar-refractivity contribution in [2.45, 2.75) is 6.36 Å². The lowest BCUT2D eigenvalue weighted by Gasteiger charge is -2.12. The van der Waals surface area contributed by atoms with Crippen LogP contribution in [0.1, 0.15) is 10.4 Å². The Balaban J connectivity index is 3.16. The predicted octanol–water partition coefficient (Wildman–Crippen LogP) is 2.03. The molecule has 0 aliphatic heterocycles. The van der Waals surface area contributed by atoms with Gasteiger partial charge in [0.2, 0.25) is 5.91 Å². The number of anilines is 1. The molecule has 0 heterocycles. The number of carbonyl (C=O) groups excluding carboxylic acids is 1. The SMILES string of the molecule is NC(=O)c1cc(N)c(OC(F)(F)F)cc1Br. The lowest BCUT2D eigenvalue weighted by atomic mass is 10.2. The molecule has 16 heavy (non-hydrogen) atoms. The van der Waals surface area contributed by atoms with E-state index in [0.29, 0.717) is 0 Å². The zero-order chi connectivity index (χ0) is 12.5. The molecule has 1 rings (SSSR count). The van der Waals surface area contributed by atoms with Crippen LogP contribution in [0.2, 0.25) is 0 Å². The molecule has 0 aliphatic rings. The number of nitrogen functional groups attached to an aromatic ring is 1. The average Bonchev–Trinajstić information content (AvgIpc) is 2.07. The van der Waals surface area contributed by atoms with Gasteiger partial charge >= 0.3 is 6.36 Å². The molecule has 0 aliphatic carbocycles. The normalized spacial score (nSPS) is 11.2. The van der Waals surface area contributed by atoms with Crippen molar-refractivity contribution in [2.24, 2.45) is 5.73 Å². The third kappa shape index (κ3) is 3.02. The van der Waals surface area contributed by atoms with Gasteiger partial charge in [-0.05, 0) is 28.1 Å². The van der Waals surface area contributed by atoms with Gasteiger partial charge in [0.05, 0.1) is 11.3 Å². The van der Waals surface area contributed by atoms with Crippen LogP contribution in [0, 0.1) is 0 Å². The zero-order valence-corrected chi connectivity index (χ0v) is 9.22. The van der Waals surface area contributed by atoms with Crippen LogP contribution in [0.4, 0.5) is 18.9 Å². The topological polar surface area (TPSA) is 78.3 Å². The molecule has 0 bridgehead atoms. The van der Waals surface area contributed by atoms with E-state index in [-0.39, 0.29) is 15.7 Å². The molecule has 0 aromatic heterocycles. The molecule has 0 unspecified atom stereocenters. The van der Waals surface area contributed by atoms with Gasteiger partial charge in [0.25, 0.3) is 0 Å². The van der Waals surface area contributed by atoms with Gasteiger partial charge in [-0.3, -0.25) is 4.79 Å². The molecule has 1 aromatic rings. The molecule has 0 radical (unpaired) electrons. The van der Waals surface area contributed by atoms with E-state index in [2.05, 4.69) is 20.7 Å². The number of nitrogens with two attached hydrogens (primary N) is 2. The number of halogens is 4. The average molecular weight is 299 g/mol. The number of primary amides is 1. The number of carbonyl (C=O) groups is 1. The molecule has 88 valence electrons. The molecule has 0 fully saturated rings. The van der Waals surface area contributed by atoms with Crippen molar-refractivity contribution >= 4 is 27.5 Å². The summed E-state index contributed by atoms with van der Waals surface area (Å²) < 4.78 is 39.5. The third-order valence-corrected chi connectivity index (χ3v) is 2.25. The van der Waals surface area contributed by atoms with Crippen molar-refractivity contribution < 1.29 is 22.7 Å². The van der Waals surface area contributed by atoms with Gasteiger partial charge in [0.15, 0.2) is 5.75 Å². The maximum atomic E-state index is 11.9. The summed E-state index contributed by atoms with van der Waals surface area (Å²) in [6, 6.07) is 1.94. The minimum Gasteiger partial charge on any atom is -0.404 e. The third-order valence-electron chi connectivity index (χ3n) is 1.59. The molecular weight excluding hydrogens is 293 g/mol. The summed E-state index contributed by atoms with van der Waals surface area (Å²) in [5.74, 6) is -1.40. The minimum absolute atomic E-state index is 0.0213. The Morgan fingerprint density at radius 1 is 1.38 bits per heavy atom. The fourth-order valence-electron chi connectivity index (χ4n) is 0.974. The van der Waals surface area contributed by atoms with E-state index in [9.17, 15) is 18.0 Å². The number of hydrogen-bond donors (Lipinski definition) is 2. The Morgan fingerprint density at radius 2 is 1.94 bits per heavy atom. The van der Waals surface area contributed by atoms with Crippen LogP contribution >= 0.6 is 15.9 Å². The highest BCUT2D eigenvalue weighted by Gasteiger charge is 2.32. The van der Waals surface area contributed by atoms with Crippen molar-refractivity contribution in [1.29, 1.82) is 0 Å². The first-order valence-corrected chi connectivity index (χ1v) is 4.64. The van der Waals surface area contributed by atoms with Crippen LogP contribution in [0.5, 0.6) is 5.75 Å². The van der Waals surface area contributed by atoms with Crippen LogP contribution in [0.25, 0.3) is 0 Å². The summed E-state index contributed by atoms with van der Waals surface area (Å²) in [6.07, 6.45) is -4.85. The number of amides is 1. The number of rotatable bonds is 2. The van der Waals surface area contributed by atoms with Gasteiger partial charge in [-0.1, -0.05) is 0 Å². The number of alkyl halides is 3. The van der Waals surface area contributed by atoms with E-state index in [1.54, 1.807) is 0 Å². The second-order valence-electron chi connectivity index (χ2n) is 2.78. The molecule has 0 saturated carbocycles. The molecule has 8 heteroatoms. The van der Waals surface area contributed by atoms with E-state index < -0.39 is 18.0 Å². The van der Waals surface area contributed by atoms with Crippen molar-refractivity contribution in [1.82, 2.24) is 0 Å². The fraction of sp³-hybridized carbons (Fsp3) is 0.125. The molecule has 4 N–H and O–H groups in total. The molecular formula is C8H6BrF3N2O2. The van der Waals surface area contributed by atoms with Gasteiger partial charge in [0.1, 0.15) is 0 Å². The molecule has 1 aromatic carbocycles. The summed E-state index contributed by atoms with van der Waals surface area (Å²) in [6.45, 7) is 0. The number of ether oxygens (including phenoxy) is 1. The second-order valence-corrected chi connectivity index (χ2v) is 3.64. The van der Waals surface area contributed by atoms with Gasteiger partial charge in [0, 0.05) is 4.47 Å². The monoisotopic (exact) mass is 298 g/mol. The van der Waals surface area contributed by atoms with Crippen LogP contribution < -0.4 is 16.2 Å². The molecule has 0 atom stereocenters. The van der Waals surface area contributed by atoms with E-state index in [0.717, 1.165) is 12.1 Å². The quantitative estimate of drug-likeness (QED) is 0.820. The van der Waals surface area contributed by atoms with Gasteiger partial charge in [-0.15, -0.1) is 13.2 Å². The predicted molar refractivity (Wildman–Crippen MR) is 53.8 cm³/mol. The minimum atomic E-state index is -4.85. The Morgan fingerprint density at radius 3 is 2.38 bits per heavy atom. The Bertz CT molecular complexity index is 434. The Hall–Kier alpha value is -1.44. The standard InChI is InChI=1S/C8H6BrF3N2O2/c9-4-2-6(16-8(10,11)12)5(13)1-3(4)7(14)15/h1-2H,13H2,(H2,14,15). The smallest absolute Gasteiger partial charge is 0.404 e. The highest BCUT2D eigenvalue weighted by molar-refractivity contribution is 9.10. The summed E-state index contributed by atoms with van der Waals surface area (Å²) >= 11 is 2.89. The largest absolute Gasteiger partial charge is 0.573 e. The van der Waals surface area contributed by atoms with Crippen molar-refractivity contribution in [2.75, 3.05) is 5.73 Å². The lowest BCUT2D eigenvalue weighted by molar-refractivity contribution is -0.274. The van der Waals surface area contributed by atoms with Crippen molar-refractivity contribution in [3.63, 3.8) is 0 Å². The van der Waals surface area contributed by atoms with Crippen LogP contribution in [-0.2, 0) is 0 Å². The summed E-state index contributed by atoms with van der Waals surface area (Å²) in [5, 5.41) is 0. The summed E-state index contributed by atoms with van der Waals surface area (Å²) in [7, 11) is 0. The number of hydrogen-bond acceptors (Lipinski definition) is 3. The molecule has 0 spiro atoms. The van der Waals surface area contributed by atoms with Crippen molar-refractivity contribution in [3.8, 4) is 5.75 Å². The zero-order valence-electron chi connectivity index (χ0n) is 7.64. The fourth-order valence-corrected chi connectivity index (χ4v) is 1.49. The first kappa shape index (κ1) is 12.6. The van der Waals surface area contributed by atoms with Crippen LogP contribution in [0.3, 0.4) is 0 Å². The Kier molecular flexibility index (Phi) is 3.32. The summed E-state index contributed by atoms with van der Waals surface area (Å²) in [5.41, 5.74) is 9.91. The first-order valence-electron chi connectivity index (χ1n) is 3.85. The maximum Gasteiger partial charge on any atom is 0.573 e. The van der Waals surface area contributed by atoms with E-state index in [1.807, 2.05) is 0 Å². The highest BCUT2D eigenvalue weighted by atomic mass is 79.9.